The van der Waals surface area contributed by atoms with Crippen molar-refractivity contribution in [2.45, 2.75) is 48.0 Å². The molecule has 0 nitrogen and oxygen atoms in total. The summed E-state index contributed by atoms with van der Waals surface area (Å²) < 4.78 is 0. The smallest absolute Gasteiger partial charge is 0.0184 e. The summed E-state index contributed by atoms with van der Waals surface area (Å²) in [7, 11) is 0. The van der Waals surface area contributed by atoms with Crippen molar-refractivity contribution in [3.63, 3.8) is 0 Å². The van der Waals surface area contributed by atoms with E-state index < -0.39 is 0 Å². The van der Waals surface area contributed by atoms with Crippen LogP contribution in [0.3, 0.4) is 0 Å². The molecule has 0 heterocycles. The zero-order valence-corrected chi connectivity index (χ0v) is 14.7. The largest absolute Gasteiger partial charge is 0.0985 e. The molecule has 1 aromatic carbocycles. The number of benzene rings is 1. The van der Waals surface area contributed by atoms with Crippen LogP contribution in [0.15, 0.2) is 60.2 Å². The molecular weight excluding hydrogens is 252 g/mol. The van der Waals surface area contributed by atoms with Crippen molar-refractivity contribution in [3.8, 4) is 0 Å². The Kier molecular flexibility index (Phi) is 14.9. The maximum atomic E-state index is 4.03. The molecule has 0 N–H and O–H groups in total. The summed E-state index contributed by atoms with van der Waals surface area (Å²) >= 11 is 0. The highest BCUT2D eigenvalue weighted by Crippen LogP contribution is 2.12. The van der Waals surface area contributed by atoms with Crippen LogP contribution in [0.1, 0.15) is 48.0 Å². The summed E-state index contributed by atoms with van der Waals surface area (Å²) in [5.41, 5.74) is 2.47. The lowest BCUT2D eigenvalue weighted by Crippen LogP contribution is -2.21. The first kappa shape index (κ1) is 21.5. The monoisotopic (exact) mass is 284 g/mol. The fourth-order valence-electron chi connectivity index (χ4n) is 1.74. The maximum Gasteiger partial charge on any atom is -0.0184 e. The van der Waals surface area contributed by atoms with E-state index in [1.165, 1.54) is 11.1 Å². The first-order chi connectivity index (χ1) is 10.2. The highest BCUT2D eigenvalue weighted by molar-refractivity contribution is 5.57. The molecule has 1 aromatic rings. The second-order valence-electron chi connectivity index (χ2n) is 3.88. The third kappa shape index (κ3) is 8.14. The Morgan fingerprint density at radius 2 is 1.67 bits per heavy atom. The standard InChI is InChI=1S/C17H20.2C2H6/c1-5-10-15(6-2)16(7-3)13-17-12-9-8-11-14(17)4;2*1-2/h5,7-13H,3-4,6H2,1-2H3;2*1-2H3/b10-5-,16-15+,17-13-;;. The van der Waals surface area contributed by atoms with E-state index in [1.807, 2.05) is 58.9 Å². The predicted molar refractivity (Wildman–Crippen MR) is 101 cm³/mol. The van der Waals surface area contributed by atoms with Crippen LogP contribution < -0.4 is 10.4 Å². The molecule has 0 amide bonds. The summed E-state index contributed by atoms with van der Waals surface area (Å²) in [4.78, 5) is 0. The predicted octanol–water partition coefficient (Wildman–Crippen LogP) is 5.40. The van der Waals surface area contributed by atoms with Crippen molar-refractivity contribution in [1.82, 2.24) is 0 Å². The molecule has 0 unspecified atom stereocenters. The van der Waals surface area contributed by atoms with Crippen molar-refractivity contribution in [3.05, 3.63) is 70.7 Å². The molecule has 0 aliphatic rings. The molecule has 0 atom stereocenters. The summed E-state index contributed by atoms with van der Waals surface area (Å²) in [6, 6.07) is 8.13. The van der Waals surface area contributed by atoms with E-state index in [9.17, 15) is 0 Å². The van der Waals surface area contributed by atoms with Crippen LogP contribution in [0.5, 0.6) is 0 Å². The molecule has 0 saturated carbocycles. The fourth-order valence-corrected chi connectivity index (χ4v) is 1.74. The second kappa shape index (κ2) is 14.6. The fraction of sp³-hybridized carbons (Fsp3) is 0.333. The highest BCUT2D eigenvalue weighted by Gasteiger charge is 1.95. The van der Waals surface area contributed by atoms with Gasteiger partial charge in [0.25, 0.3) is 0 Å². The van der Waals surface area contributed by atoms with Gasteiger partial charge in [0.15, 0.2) is 0 Å². The Bertz CT molecular complexity index is 542. The number of allylic oxidation sites excluding steroid dienone is 5. The van der Waals surface area contributed by atoms with Gasteiger partial charge in [-0.15, -0.1) is 0 Å². The van der Waals surface area contributed by atoms with Crippen molar-refractivity contribution >= 4 is 12.7 Å². The Morgan fingerprint density at radius 1 is 1.10 bits per heavy atom. The quantitative estimate of drug-likeness (QED) is 0.649. The van der Waals surface area contributed by atoms with Gasteiger partial charge in [0.2, 0.25) is 0 Å². The molecule has 0 aromatic heterocycles. The molecule has 1 rings (SSSR count). The van der Waals surface area contributed by atoms with Crippen molar-refractivity contribution in [2.75, 3.05) is 0 Å². The highest BCUT2D eigenvalue weighted by atomic mass is 14.0. The average Bonchev–Trinajstić information content (AvgIpc) is 2.56. The number of hydrogen-bond donors (Lipinski definition) is 0. The minimum atomic E-state index is 1.00. The van der Waals surface area contributed by atoms with Gasteiger partial charge in [-0.05, 0) is 41.0 Å². The Morgan fingerprint density at radius 3 is 2.10 bits per heavy atom. The van der Waals surface area contributed by atoms with E-state index in [-0.39, 0.29) is 0 Å². The lowest BCUT2D eigenvalue weighted by atomic mass is 10.0. The zero-order chi connectivity index (χ0) is 16.7. The summed E-state index contributed by atoms with van der Waals surface area (Å²) in [5, 5.41) is 2.20. The molecule has 0 aliphatic heterocycles. The SMILES string of the molecule is C=CC(/C=c1/ccccc1=C)=C(\C=C/C)CC.CC.CC. The molecule has 116 valence electrons. The zero-order valence-electron chi connectivity index (χ0n) is 14.7. The van der Waals surface area contributed by atoms with Crippen LogP contribution in [0.25, 0.3) is 12.7 Å². The van der Waals surface area contributed by atoms with E-state index in [4.69, 9.17) is 0 Å². The first-order valence-corrected chi connectivity index (χ1v) is 7.97. The van der Waals surface area contributed by atoms with Crippen LogP contribution in [-0.2, 0) is 0 Å². The molecule has 0 bridgehead atoms. The minimum Gasteiger partial charge on any atom is -0.0985 e. The average molecular weight is 284 g/mol. The van der Waals surface area contributed by atoms with Gasteiger partial charge < -0.3 is 0 Å². The van der Waals surface area contributed by atoms with Gasteiger partial charge in [0, 0.05) is 0 Å². The summed E-state index contributed by atoms with van der Waals surface area (Å²) in [5.74, 6) is 0. The van der Waals surface area contributed by atoms with Crippen LogP contribution in [0, 0.1) is 0 Å². The van der Waals surface area contributed by atoms with Gasteiger partial charge in [0.1, 0.15) is 0 Å². The van der Waals surface area contributed by atoms with Crippen molar-refractivity contribution in [1.29, 1.82) is 0 Å². The third-order valence-corrected chi connectivity index (χ3v) is 2.71. The van der Waals surface area contributed by atoms with Crippen molar-refractivity contribution < 1.29 is 0 Å². The third-order valence-electron chi connectivity index (χ3n) is 2.71. The normalized spacial score (nSPS) is 11.8. The summed E-state index contributed by atoms with van der Waals surface area (Å²) in [6.45, 7) is 20.1. The van der Waals surface area contributed by atoms with Crippen LogP contribution in [0.4, 0.5) is 0 Å². The van der Waals surface area contributed by atoms with Gasteiger partial charge >= 0.3 is 0 Å². The van der Waals surface area contributed by atoms with Crippen LogP contribution in [-0.4, -0.2) is 0 Å². The lowest BCUT2D eigenvalue weighted by Gasteiger charge is -2.02. The van der Waals surface area contributed by atoms with Gasteiger partial charge in [-0.25, -0.2) is 0 Å². The van der Waals surface area contributed by atoms with Crippen molar-refractivity contribution in [2.24, 2.45) is 0 Å². The molecule has 0 aliphatic carbocycles. The molecular formula is C21H32. The summed E-state index contributed by atoms with van der Waals surface area (Å²) in [6.07, 6.45) is 9.26. The molecule has 21 heavy (non-hydrogen) atoms. The molecule has 0 spiro atoms. The van der Waals surface area contributed by atoms with E-state index in [2.05, 4.69) is 44.4 Å². The van der Waals surface area contributed by atoms with Gasteiger partial charge in [-0.3, -0.25) is 0 Å². The van der Waals surface area contributed by atoms with E-state index in [1.54, 1.807) is 0 Å². The molecule has 0 heteroatoms. The van der Waals surface area contributed by atoms with E-state index in [0.29, 0.717) is 0 Å². The molecule has 0 radical (unpaired) electrons. The maximum absolute atomic E-state index is 4.03. The lowest BCUT2D eigenvalue weighted by molar-refractivity contribution is 1.14. The van der Waals surface area contributed by atoms with Crippen LogP contribution >= 0.6 is 0 Å². The number of hydrogen-bond acceptors (Lipinski definition) is 0. The van der Waals surface area contributed by atoms with Gasteiger partial charge in [0.05, 0.1) is 0 Å². The van der Waals surface area contributed by atoms with E-state index in [0.717, 1.165) is 16.9 Å². The Hall–Kier alpha value is -1.82. The van der Waals surface area contributed by atoms with Gasteiger partial charge in [-0.2, -0.15) is 0 Å². The van der Waals surface area contributed by atoms with Crippen LogP contribution in [0.2, 0.25) is 0 Å². The van der Waals surface area contributed by atoms with E-state index >= 15 is 0 Å². The number of rotatable bonds is 4. The second-order valence-corrected chi connectivity index (χ2v) is 3.88. The Labute approximate surface area is 131 Å². The molecule has 0 saturated heterocycles. The Balaban J connectivity index is 0. The first-order valence-electron chi connectivity index (χ1n) is 7.97. The van der Waals surface area contributed by atoms with Gasteiger partial charge in [-0.1, -0.05) is 90.3 Å². The topological polar surface area (TPSA) is 0 Å². The minimum absolute atomic E-state index is 1.00. The molecule has 0 fully saturated rings.